The summed E-state index contributed by atoms with van der Waals surface area (Å²) in [5, 5.41) is 0. The summed E-state index contributed by atoms with van der Waals surface area (Å²) in [6.07, 6.45) is 3.36. The maximum Gasteiger partial charge on any atom is 0.314 e. The zero-order chi connectivity index (χ0) is 12.3. The standard InChI is InChI=1S/C14H16O3/c1-10-7-8-12(14(15)17-10)9-11-5-3-4-6-13(11)16-2/h3-7,12H,8-9H2,1-2H3. The second kappa shape index (κ2) is 5.04. The van der Waals surface area contributed by atoms with Gasteiger partial charge in [-0.15, -0.1) is 0 Å². The van der Waals surface area contributed by atoms with Crippen molar-refractivity contribution in [3.8, 4) is 5.75 Å². The number of allylic oxidation sites excluding steroid dienone is 2. The molecule has 1 atom stereocenters. The van der Waals surface area contributed by atoms with E-state index in [-0.39, 0.29) is 11.9 Å². The van der Waals surface area contributed by atoms with E-state index < -0.39 is 0 Å². The summed E-state index contributed by atoms with van der Waals surface area (Å²) in [6.45, 7) is 1.80. The number of carbonyl (C=O) groups is 1. The molecule has 3 heteroatoms. The SMILES string of the molecule is COc1ccccc1CC1CC=C(C)OC1=O. The van der Waals surface area contributed by atoms with Crippen LogP contribution in [0.2, 0.25) is 0 Å². The first-order valence-electron chi connectivity index (χ1n) is 5.71. The quantitative estimate of drug-likeness (QED) is 0.752. The lowest BCUT2D eigenvalue weighted by Gasteiger charge is -2.20. The van der Waals surface area contributed by atoms with Crippen LogP contribution in [-0.4, -0.2) is 13.1 Å². The van der Waals surface area contributed by atoms with Crippen molar-refractivity contribution in [2.24, 2.45) is 5.92 Å². The van der Waals surface area contributed by atoms with Crippen molar-refractivity contribution < 1.29 is 14.3 Å². The molecule has 90 valence electrons. The minimum atomic E-state index is -0.143. The molecule has 1 aromatic rings. The van der Waals surface area contributed by atoms with E-state index in [2.05, 4.69) is 0 Å². The smallest absolute Gasteiger partial charge is 0.314 e. The molecule has 0 N–H and O–H groups in total. The monoisotopic (exact) mass is 232 g/mol. The number of cyclic esters (lactones) is 1. The molecule has 0 radical (unpaired) electrons. The van der Waals surface area contributed by atoms with Crippen molar-refractivity contribution in [2.75, 3.05) is 7.11 Å². The second-order valence-corrected chi connectivity index (χ2v) is 4.18. The van der Waals surface area contributed by atoms with Crippen LogP contribution in [0.25, 0.3) is 0 Å². The van der Waals surface area contributed by atoms with Gasteiger partial charge in [-0.1, -0.05) is 18.2 Å². The summed E-state index contributed by atoms with van der Waals surface area (Å²) in [7, 11) is 1.64. The summed E-state index contributed by atoms with van der Waals surface area (Å²) < 4.78 is 10.4. The van der Waals surface area contributed by atoms with Crippen molar-refractivity contribution in [3.63, 3.8) is 0 Å². The van der Waals surface area contributed by atoms with Crippen LogP contribution < -0.4 is 4.74 Å². The van der Waals surface area contributed by atoms with Gasteiger partial charge in [0.1, 0.15) is 11.5 Å². The van der Waals surface area contributed by atoms with Gasteiger partial charge in [0.25, 0.3) is 0 Å². The molecule has 0 aliphatic carbocycles. The van der Waals surface area contributed by atoms with Crippen molar-refractivity contribution in [3.05, 3.63) is 41.7 Å². The number of para-hydroxylation sites is 1. The number of rotatable bonds is 3. The third-order valence-electron chi connectivity index (χ3n) is 2.94. The van der Waals surface area contributed by atoms with Gasteiger partial charge >= 0.3 is 5.97 Å². The number of hydrogen-bond donors (Lipinski definition) is 0. The topological polar surface area (TPSA) is 35.5 Å². The van der Waals surface area contributed by atoms with Gasteiger partial charge < -0.3 is 9.47 Å². The first-order chi connectivity index (χ1) is 8.20. The van der Waals surface area contributed by atoms with Crippen molar-refractivity contribution in [2.45, 2.75) is 19.8 Å². The van der Waals surface area contributed by atoms with E-state index >= 15 is 0 Å². The molecule has 1 aliphatic heterocycles. The molecule has 0 bridgehead atoms. The highest BCUT2D eigenvalue weighted by Gasteiger charge is 2.24. The molecule has 0 spiro atoms. The van der Waals surface area contributed by atoms with E-state index in [0.717, 1.165) is 17.7 Å². The molecule has 1 unspecified atom stereocenters. The Balaban J connectivity index is 2.13. The number of methoxy groups -OCH3 is 1. The molecular formula is C14H16O3. The number of carbonyl (C=O) groups excluding carboxylic acids is 1. The van der Waals surface area contributed by atoms with Gasteiger partial charge in [-0.2, -0.15) is 0 Å². The molecule has 1 heterocycles. The fourth-order valence-electron chi connectivity index (χ4n) is 1.99. The Morgan fingerprint density at radius 2 is 2.18 bits per heavy atom. The average Bonchev–Trinajstić information content (AvgIpc) is 2.33. The van der Waals surface area contributed by atoms with Gasteiger partial charge in [0.15, 0.2) is 0 Å². The Kier molecular flexibility index (Phi) is 3.47. The van der Waals surface area contributed by atoms with Crippen LogP contribution >= 0.6 is 0 Å². The number of hydrogen-bond acceptors (Lipinski definition) is 3. The van der Waals surface area contributed by atoms with E-state index in [4.69, 9.17) is 9.47 Å². The normalized spacial score (nSPS) is 19.5. The van der Waals surface area contributed by atoms with Crippen LogP contribution in [0.5, 0.6) is 5.75 Å². The van der Waals surface area contributed by atoms with E-state index in [1.807, 2.05) is 30.3 Å². The van der Waals surface area contributed by atoms with Crippen LogP contribution in [0.15, 0.2) is 36.1 Å². The van der Waals surface area contributed by atoms with E-state index in [1.165, 1.54) is 0 Å². The highest BCUT2D eigenvalue weighted by atomic mass is 16.5. The minimum absolute atomic E-state index is 0.102. The van der Waals surface area contributed by atoms with Gasteiger partial charge in [-0.3, -0.25) is 4.79 Å². The predicted molar refractivity (Wildman–Crippen MR) is 64.7 cm³/mol. The molecule has 0 saturated carbocycles. The third kappa shape index (κ3) is 2.67. The number of ether oxygens (including phenoxy) is 2. The molecule has 2 rings (SSSR count). The molecule has 0 amide bonds. The molecule has 0 fully saturated rings. The first-order valence-corrected chi connectivity index (χ1v) is 5.71. The van der Waals surface area contributed by atoms with Crippen LogP contribution in [0.4, 0.5) is 0 Å². The third-order valence-corrected chi connectivity index (χ3v) is 2.94. The van der Waals surface area contributed by atoms with Crippen LogP contribution in [-0.2, 0) is 16.0 Å². The summed E-state index contributed by atoms with van der Waals surface area (Å²) in [5.74, 6) is 1.28. The fraction of sp³-hybridized carbons (Fsp3) is 0.357. The molecule has 0 aromatic heterocycles. The van der Waals surface area contributed by atoms with E-state index in [1.54, 1.807) is 14.0 Å². The van der Waals surface area contributed by atoms with Crippen LogP contribution in [0.1, 0.15) is 18.9 Å². The highest BCUT2D eigenvalue weighted by molar-refractivity contribution is 5.75. The Hall–Kier alpha value is -1.77. The minimum Gasteiger partial charge on any atom is -0.496 e. The van der Waals surface area contributed by atoms with Gasteiger partial charge in [0.05, 0.1) is 13.0 Å². The lowest BCUT2D eigenvalue weighted by atomic mass is 9.94. The lowest BCUT2D eigenvalue weighted by molar-refractivity contribution is -0.145. The maximum atomic E-state index is 11.7. The van der Waals surface area contributed by atoms with Gasteiger partial charge in [-0.25, -0.2) is 0 Å². The number of esters is 1. The Labute approximate surface area is 101 Å². The zero-order valence-electron chi connectivity index (χ0n) is 10.1. The Morgan fingerprint density at radius 1 is 1.41 bits per heavy atom. The summed E-state index contributed by atoms with van der Waals surface area (Å²) in [4.78, 5) is 11.7. The van der Waals surface area contributed by atoms with Crippen molar-refractivity contribution >= 4 is 5.97 Å². The largest absolute Gasteiger partial charge is 0.496 e. The molecule has 17 heavy (non-hydrogen) atoms. The van der Waals surface area contributed by atoms with Gasteiger partial charge in [0, 0.05) is 0 Å². The second-order valence-electron chi connectivity index (χ2n) is 4.18. The Bertz CT molecular complexity index is 449. The van der Waals surface area contributed by atoms with E-state index in [9.17, 15) is 4.79 Å². The van der Waals surface area contributed by atoms with Gasteiger partial charge in [0.2, 0.25) is 0 Å². The van der Waals surface area contributed by atoms with Crippen molar-refractivity contribution in [1.29, 1.82) is 0 Å². The summed E-state index contributed by atoms with van der Waals surface area (Å²) >= 11 is 0. The molecule has 0 saturated heterocycles. The highest BCUT2D eigenvalue weighted by Crippen LogP contribution is 2.26. The van der Waals surface area contributed by atoms with Crippen LogP contribution in [0.3, 0.4) is 0 Å². The van der Waals surface area contributed by atoms with E-state index in [0.29, 0.717) is 12.2 Å². The predicted octanol–water partition coefficient (Wildman–Crippen LogP) is 2.70. The van der Waals surface area contributed by atoms with Gasteiger partial charge in [-0.05, 0) is 37.5 Å². The Morgan fingerprint density at radius 3 is 2.88 bits per heavy atom. The zero-order valence-corrected chi connectivity index (χ0v) is 10.1. The van der Waals surface area contributed by atoms with Crippen LogP contribution in [0, 0.1) is 5.92 Å². The fourth-order valence-corrected chi connectivity index (χ4v) is 1.99. The summed E-state index contributed by atoms with van der Waals surface area (Å²) in [6, 6.07) is 7.76. The first kappa shape index (κ1) is 11.7. The summed E-state index contributed by atoms with van der Waals surface area (Å²) in [5.41, 5.74) is 1.05. The average molecular weight is 232 g/mol. The maximum absolute atomic E-state index is 11.7. The molecule has 3 nitrogen and oxygen atoms in total. The molecular weight excluding hydrogens is 216 g/mol. The van der Waals surface area contributed by atoms with Crippen molar-refractivity contribution in [1.82, 2.24) is 0 Å². The molecule has 1 aromatic carbocycles. The lowest BCUT2D eigenvalue weighted by Crippen LogP contribution is -2.22. The number of benzene rings is 1. The molecule has 1 aliphatic rings.